The van der Waals surface area contributed by atoms with E-state index in [1.807, 2.05) is 0 Å². The number of rotatable bonds is 3. The number of nitrogens with one attached hydrogen (secondary N) is 2. The van der Waals surface area contributed by atoms with Crippen molar-refractivity contribution in [2.24, 2.45) is 0 Å². The van der Waals surface area contributed by atoms with Crippen LogP contribution in [0.4, 0.5) is 17.3 Å². The van der Waals surface area contributed by atoms with Gasteiger partial charge in [-0.15, -0.1) is 0 Å². The first kappa shape index (κ1) is 11.7. The summed E-state index contributed by atoms with van der Waals surface area (Å²) in [7, 11) is 0. The minimum absolute atomic E-state index is 0.151. The molecule has 9 nitrogen and oxygen atoms in total. The Hall–Kier alpha value is -2.42. The average Bonchev–Trinajstić information content (AvgIpc) is 2.97. The first-order valence-electron chi connectivity index (χ1n) is 5.91. The number of nitro groups is 1. The number of hydrogen-bond acceptors (Lipinski definition) is 7. The standard InChI is InChI=1S/C10H13N7O2/c11-8-3-9(14-6-1-2-12-4-6)15-10-7(17(18)19)5-13-16(8)10/h3,5-6,12H,1-2,4,11H2,(H,14,15)/t6-/m0/s1. The molecule has 0 aromatic carbocycles. The van der Waals surface area contributed by atoms with E-state index >= 15 is 0 Å². The van der Waals surface area contributed by atoms with Crippen molar-refractivity contribution in [2.45, 2.75) is 12.5 Å². The van der Waals surface area contributed by atoms with Gasteiger partial charge < -0.3 is 16.4 Å². The van der Waals surface area contributed by atoms with E-state index in [4.69, 9.17) is 5.73 Å². The van der Waals surface area contributed by atoms with Gasteiger partial charge in [0.15, 0.2) is 0 Å². The lowest BCUT2D eigenvalue weighted by molar-refractivity contribution is -0.383. The van der Waals surface area contributed by atoms with Gasteiger partial charge >= 0.3 is 5.69 Å². The molecular formula is C10H13N7O2. The van der Waals surface area contributed by atoms with Crippen LogP contribution in [0.2, 0.25) is 0 Å². The fourth-order valence-corrected chi connectivity index (χ4v) is 2.16. The van der Waals surface area contributed by atoms with Crippen LogP contribution >= 0.6 is 0 Å². The third kappa shape index (κ3) is 2.03. The van der Waals surface area contributed by atoms with E-state index in [1.54, 1.807) is 6.07 Å². The Morgan fingerprint density at radius 3 is 3.16 bits per heavy atom. The molecule has 2 aromatic rings. The van der Waals surface area contributed by atoms with Gasteiger partial charge in [0, 0.05) is 18.7 Å². The highest BCUT2D eigenvalue weighted by Gasteiger charge is 2.20. The van der Waals surface area contributed by atoms with Crippen LogP contribution < -0.4 is 16.4 Å². The summed E-state index contributed by atoms with van der Waals surface area (Å²) in [6.45, 7) is 1.79. The van der Waals surface area contributed by atoms with Crippen LogP contribution in [0.25, 0.3) is 5.65 Å². The van der Waals surface area contributed by atoms with E-state index in [0.717, 1.165) is 25.7 Å². The van der Waals surface area contributed by atoms with E-state index in [1.165, 1.54) is 4.52 Å². The van der Waals surface area contributed by atoms with Crippen molar-refractivity contribution >= 4 is 23.0 Å². The molecule has 1 aliphatic rings. The van der Waals surface area contributed by atoms with Crippen molar-refractivity contribution in [1.82, 2.24) is 19.9 Å². The number of hydrogen-bond donors (Lipinski definition) is 3. The summed E-state index contributed by atoms with van der Waals surface area (Å²) in [4.78, 5) is 14.6. The van der Waals surface area contributed by atoms with Gasteiger partial charge in [0.1, 0.15) is 17.8 Å². The molecule has 0 amide bonds. The third-order valence-electron chi connectivity index (χ3n) is 3.09. The predicted molar refractivity (Wildman–Crippen MR) is 69.0 cm³/mol. The van der Waals surface area contributed by atoms with Crippen molar-refractivity contribution in [1.29, 1.82) is 0 Å². The lowest BCUT2D eigenvalue weighted by atomic mass is 10.2. The fraction of sp³-hybridized carbons (Fsp3) is 0.400. The summed E-state index contributed by atoms with van der Waals surface area (Å²) in [5.74, 6) is 0.842. The zero-order valence-corrected chi connectivity index (χ0v) is 10.0. The lowest BCUT2D eigenvalue weighted by Crippen LogP contribution is -2.23. The molecule has 1 fully saturated rings. The fourth-order valence-electron chi connectivity index (χ4n) is 2.16. The van der Waals surface area contributed by atoms with E-state index in [9.17, 15) is 10.1 Å². The van der Waals surface area contributed by atoms with Gasteiger partial charge in [0.2, 0.25) is 5.65 Å². The van der Waals surface area contributed by atoms with Gasteiger partial charge in [-0.1, -0.05) is 0 Å². The molecule has 0 unspecified atom stereocenters. The van der Waals surface area contributed by atoms with Gasteiger partial charge in [-0.05, 0) is 13.0 Å². The largest absolute Gasteiger partial charge is 0.383 e. The van der Waals surface area contributed by atoms with Crippen molar-refractivity contribution in [2.75, 3.05) is 24.1 Å². The molecule has 4 N–H and O–H groups in total. The number of nitrogens with zero attached hydrogens (tertiary/aromatic N) is 4. The molecule has 1 aliphatic heterocycles. The monoisotopic (exact) mass is 263 g/mol. The van der Waals surface area contributed by atoms with Gasteiger partial charge in [0.05, 0.1) is 4.92 Å². The molecule has 0 spiro atoms. The van der Waals surface area contributed by atoms with Crippen molar-refractivity contribution in [3.8, 4) is 0 Å². The second-order valence-corrected chi connectivity index (χ2v) is 4.42. The number of anilines is 2. The van der Waals surface area contributed by atoms with E-state index in [2.05, 4.69) is 20.7 Å². The van der Waals surface area contributed by atoms with E-state index < -0.39 is 4.92 Å². The summed E-state index contributed by atoms with van der Waals surface area (Å²) in [6.07, 6.45) is 2.13. The number of fused-ring (bicyclic) bond motifs is 1. The first-order valence-corrected chi connectivity index (χ1v) is 5.91. The van der Waals surface area contributed by atoms with Gasteiger partial charge in [0.25, 0.3) is 0 Å². The molecule has 3 heterocycles. The lowest BCUT2D eigenvalue weighted by Gasteiger charge is -2.12. The molecule has 2 aromatic heterocycles. The summed E-state index contributed by atoms with van der Waals surface area (Å²) in [5.41, 5.74) is 5.83. The molecule has 100 valence electrons. The molecular weight excluding hydrogens is 250 g/mol. The molecule has 1 saturated heterocycles. The zero-order chi connectivity index (χ0) is 13.4. The molecule has 9 heteroatoms. The minimum atomic E-state index is -0.518. The first-order chi connectivity index (χ1) is 9.15. The van der Waals surface area contributed by atoms with Crippen molar-refractivity contribution in [3.05, 3.63) is 22.4 Å². The van der Waals surface area contributed by atoms with Crippen LogP contribution in [0, 0.1) is 10.1 Å². The Balaban J connectivity index is 2.01. The van der Waals surface area contributed by atoms with Crippen molar-refractivity contribution in [3.63, 3.8) is 0 Å². The predicted octanol–water partition coefficient (Wildman–Crippen LogP) is -0.00650. The van der Waals surface area contributed by atoms with Crippen LogP contribution in [-0.4, -0.2) is 38.7 Å². The van der Waals surface area contributed by atoms with Crippen LogP contribution in [0.15, 0.2) is 12.3 Å². The summed E-state index contributed by atoms with van der Waals surface area (Å²) < 4.78 is 1.26. The average molecular weight is 263 g/mol. The second-order valence-electron chi connectivity index (χ2n) is 4.42. The maximum absolute atomic E-state index is 10.9. The Bertz CT molecular complexity index is 632. The topological polar surface area (TPSA) is 123 Å². The summed E-state index contributed by atoms with van der Waals surface area (Å²) in [5, 5.41) is 21.2. The van der Waals surface area contributed by atoms with Crippen LogP contribution in [0.5, 0.6) is 0 Å². The van der Waals surface area contributed by atoms with Gasteiger partial charge in [-0.25, -0.2) is 4.98 Å². The van der Waals surface area contributed by atoms with Gasteiger partial charge in [-0.2, -0.15) is 9.61 Å². The molecule has 0 bridgehead atoms. The van der Waals surface area contributed by atoms with Crippen molar-refractivity contribution < 1.29 is 4.92 Å². The quantitative estimate of drug-likeness (QED) is 0.525. The molecule has 19 heavy (non-hydrogen) atoms. The Morgan fingerprint density at radius 1 is 1.63 bits per heavy atom. The molecule has 1 atom stereocenters. The van der Waals surface area contributed by atoms with E-state index in [-0.39, 0.29) is 17.4 Å². The summed E-state index contributed by atoms with van der Waals surface area (Å²) in [6, 6.07) is 1.89. The zero-order valence-electron chi connectivity index (χ0n) is 10.0. The number of nitrogens with two attached hydrogens (primary N) is 1. The molecule has 0 saturated carbocycles. The maximum Gasteiger partial charge on any atom is 0.333 e. The smallest absolute Gasteiger partial charge is 0.333 e. The van der Waals surface area contributed by atoms with Crippen LogP contribution in [0.1, 0.15) is 6.42 Å². The van der Waals surface area contributed by atoms with Crippen LogP contribution in [0.3, 0.4) is 0 Å². The van der Waals surface area contributed by atoms with E-state index in [0.29, 0.717) is 11.6 Å². The molecule has 0 radical (unpaired) electrons. The Labute approximate surface area is 108 Å². The normalized spacial score (nSPS) is 18.8. The highest BCUT2D eigenvalue weighted by molar-refractivity contribution is 5.65. The number of aromatic nitrogens is 3. The summed E-state index contributed by atoms with van der Waals surface area (Å²) >= 11 is 0. The third-order valence-corrected chi connectivity index (χ3v) is 3.09. The van der Waals surface area contributed by atoms with Gasteiger partial charge in [-0.3, -0.25) is 10.1 Å². The second kappa shape index (κ2) is 4.35. The molecule has 0 aliphatic carbocycles. The number of nitrogen functional groups attached to an aromatic ring is 1. The Morgan fingerprint density at radius 2 is 2.47 bits per heavy atom. The Kier molecular flexibility index (Phi) is 2.67. The molecule has 3 rings (SSSR count). The highest BCUT2D eigenvalue weighted by atomic mass is 16.6. The minimum Gasteiger partial charge on any atom is -0.383 e. The maximum atomic E-state index is 10.9. The highest BCUT2D eigenvalue weighted by Crippen LogP contribution is 2.22. The SMILES string of the molecule is Nc1cc(N[C@H]2CCNC2)nc2c([N+](=O)[O-])cnn12. The van der Waals surface area contributed by atoms with Crippen LogP contribution in [-0.2, 0) is 0 Å².